The van der Waals surface area contributed by atoms with E-state index in [0.717, 1.165) is 22.6 Å². The van der Waals surface area contributed by atoms with Crippen LogP contribution < -0.4 is 4.74 Å². The van der Waals surface area contributed by atoms with Crippen molar-refractivity contribution in [2.45, 2.75) is 19.1 Å². The monoisotopic (exact) mass is 204 g/mol. The predicted octanol–water partition coefficient (Wildman–Crippen LogP) is 0.962. The summed E-state index contributed by atoms with van der Waals surface area (Å²) in [5, 5.41) is 9.53. The van der Waals surface area contributed by atoms with Crippen LogP contribution in [0.2, 0.25) is 0 Å². The molecule has 0 amide bonds. The van der Waals surface area contributed by atoms with Crippen molar-refractivity contribution < 1.29 is 9.84 Å². The summed E-state index contributed by atoms with van der Waals surface area (Å²) in [6.45, 7) is 0.638. The molecule has 2 aromatic rings. The van der Waals surface area contributed by atoms with Gasteiger partial charge < -0.3 is 14.4 Å². The van der Waals surface area contributed by atoms with E-state index in [-0.39, 0.29) is 6.10 Å². The van der Waals surface area contributed by atoms with Crippen LogP contribution in [0.3, 0.4) is 0 Å². The van der Waals surface area contributed by atoms with E-state index in [4.69, 9.17) is 4.74 Å². The smallest absolute Gasteiger partial charge is 0.146 e. The van der Waals surface area contributed by atoms with E-state index in [9.17, 15) is 5.11 Å². The Balaban J connectivity index is 2.27. The van der Waals surface area contributed by atoms with Gasteiger partial charge in [-0.3, -0.25) is 0 Å². The standard InChI is InChI=1S/C11H12N2O2/c1-15-9-4-2-3-8-11(9)12-10-5-7(14)6-13(8)10/h2-4,7,14H,5-6H2,1H3. The van der Waals surface area contributed by atoms with Crippen molar-refractivity contribution in [3.8, 4) is 5.75 Å². The molecule has 0 saturated carbocycles. The van der Waals surface area contributed by atoms with Gasteiger partial charge >= 0.3 is 0 Å². The molecule has 0 aliphatic carbocycles. The molecule has 1 aliphatic rings. The molecule has 0 radical (unpaired) electrons. The summed E-state index contributed by atoms with van der Waals surface area (Å²) in [5.41, 5.74) is 1.93. The topological polar surface area (TPSA) is 47.3 Å². The van der Waals surface area contributed by atoms with Gasteiger partial charge in [-0.05, 0) is 12.1 Å². The number of ether oxygens (including phenoxy) is 1. The van der Waals surface area contributed by atoms with Gasteiger partial charge in [0, 0.05) is 6.42 Å². The summed E-state index contributed by atoms with van der Waals surface area (Å²) in [5.74, 6) is 1.74. The Morgan fingerprint density at radius 3 is 3.20 bits per heavy atom. The van der Waals surface area contributed by atoms with Crippen molar-refractivity contribution in [1.29, 1.82) is 0 Å². The highest BCUT2D eigenvalue weighted by Crippen LogP contribution is 2.28. The molecule has 1 aromatic heterocycles. The molecule has 1 aliphatic heterocycles. The lowest BCUT2D eigenvalue weighted by atomic mass is 10.2. The molecule has 78 valence electrons. The Hall–Kier alpha value is -1.55. The number of aliphatic hydroxyl groups is 1. The fourth-order valence-electron chi connectivity index (χ4n) is 2.18. The van der Waals surface area contributed by atoms with Crippen molar-refractivity contribution in [2.24, 2.45) is 0 Å². The second-order valence-corrected chi connectivity index (χ2v) is 3.82. The molecule has 1 N–H and O–H groups in total. The third-order valence-corrected chi connectivity index (χ3v) is 2.85. The number of hydrogen-bond acceptors (Lipinski definition) is 3. The van der Waals surface area contributed by atoms with Crippen LogP contribution in [0.15, 0.2) is 18.2 Å². The van der Waals surface area contributed by atoms with Gasteiger partial charge in [0.2, 0.25) is 0 Å². The number of fused-ring (bicyclic) bond motifs is 3. The average Bonchev–Trinajstić information content (AvgIpc) is 2.73. The zero-order valence-electron chi connectivity index (χ0n) is 8.47. The van der Waals surface area contributed by atoms with Crippen LogP contribution in [0.25, 0.3) is 11.0 Å². The number of aliphatic hydroxyl groups excluding tert-OH is 1. The lowest BCUT2D eigenvalue weighted by Gasteiger charge is -2.03. The van der Waals surface area contributed by atoms with E-state index in [0.29, 0.717) is 13.0 Å². The van der Waals surface area contributed by atoms with Crippen molar-refractivity contribution in [3.05, 3.63) is 24.0 Å². The molecule has 0 saturated heterocycles. The van der Waals surface area contributed by atoms with Gasteiger partial charge in [-0.25, -0.2) is 4.98 Å². The first-order valence-corrected chi connectivity index (χ1v) is 5.00. The zero-order chi connectivity index (χ0) is 10.4. The van der Waals surface area contributed by atoms with Crippen molar-refractivity contribution in [2.75, 3.05) is 7.11 Å². The summed E-state index contributed by atoms with van der Waals surface area (Å²) < 4.78 is 7.31. The molecule has 0 bridgehead atoms. The minimum atomic E-state index is -0.289. The molecular weight excluding hydrogens is 192 g/mol. The lowest BCUT2D eigenvalue weighted by molar-refractivity contribution is 0.176. The van der Waals surface area contributed by atoms with Gasteiger partial charge in [0.1, 0.15) is 17.1 Å². The van der Waals surface area contributed by atoms with Gasteiger partial charge in [-0.2, -0.15) is 0 Å². The van der Waals surface area contributed by atoms with Crippen molar-refractivity contribution >= 4 is 11.0 Å². The Kier molecular flexibility index (Phi) is 1.73. The lowest BCUT2D eigenvalue weighted by Crippen LogP contribution is -2.07. The molecule has 2 heterocycles. The maximum atomic E-state index is 9.53. The molecule has 1 aromatic carbocycles. The fraction of sp³-hybridized carbons (Fsp3) is 0.364. The van der Waals surface area contributed by atoms with Gasteiger partial charge in [0.05, 0.1) is 25.3 Å². The fourth-order valence-corrected chi connectivity index (χ4v) is 2.18. The normalized spacial score (nSPS) is 19.5. The molecule has 1 atom stereocenters. The Labute approximate surface area is 87.1 Å². The summed E-state index contributed by atoms with van der Waals surface area (Å²) >= 11 is 0. The quantitative estimate of drug-likeness (QED) is 0.752. The van der Waals surface area contributed by atoms with Crippen LogP contribution in [-0.4, -0.2) is 27.9 Å². The van der Waals surface area contributed by atoms with Crippen LogP contribution >= 0.6 is 0 Å². The third-order valence-electron chi connectivity index (χ3n) is 2.85. The SMILES string of the molecule is COc1cccc2c1nc1n2CC(O)C1. The van der Waals surface area contributed by atoms with Crippen LogP contribution in [0.1, 0.15) is 5.82 Å². The van der Waals surface area contributed by atoms with E-state index < -0.39 is 0 Å². The number of para-hydroxylation sites is 1. The Morgan fingerprint density at radius 2 is 2.40 bits per heavy atom. The average molecular weight is 204 g/mol. The number of rotatable bonds is 1. The predicted molar refractivity (Wildman–Crippen MR) is 56.0 cm³/mol. The van der Waals surface area contributed by atoms with E-state index in [1.165, 1.54) is 0 Å². The number of benzene rings is 1. The molecule has 4 heteroatoms. The number of nitrogens with zero attached hydrogens (tertiary/aromatic N) is 2. The Bertz CT molecular complexity index is 519. The van der Waals surface area contributed by atoms with Gasteiger partial charge in [0.15, 0.2) is 0 Å². The van der Waals surface area contributed by atoms with Gasteiger partial charge in [0.25, 0.3) is 0 Å². The highest BCUT2D eigenvalue weighted by atomic mass is 16.5. The molecular formula is C11H12N2O2. The number of aromatic nitrogens is 2. The van der Waals surface area contributed by atoms with Crippen LogP contribution in [0, 0.1) is 0 Å². The first-order valence-electron chi connectivity index (χ1n) is 5.00. The van der Waals surface area contributed by atoms with E-state index >= 15 is 0 Å². The summed E-state index contributed by atoms with van der Waals surface area (Å²) in [6.07, 6.45) is 0.348. The highest BCUT2D eigenvalue weighted by molar-refractivity contribution is 5.82. The van der Waals surface area contributed by atoms with Crippen LogP contribution in [0.4, 0.5) is 0 Å². The second kappa shape index (κ2) is 2.97. The van der Waals surface area contributed by atoms with E-state index in [2.05, 4.69) is 9.55 Å². The van der Waals surface area contributed by atoms with E-state index in [1.54, 1.807) is 7.11 Å². The molecule has 3 rings (SSSR count). The minimum Gasteiger partial charge on any atom is -0.494 e. The zero-order valence-corrected chi connectivity index (χ0v) is 8.47. The van der Waals surface area contributed by atoms with Crippen molar-refractivity contribution in [3.63, 3.8) is 0 Å². The Morgan fingerprint density at radius 1 is 1.53 bits per heavy atom. The molecule has 15 heavy (non-hydrogen) atoms. The first-order chi connectivity index (χ1) is 7.29. The minimum absolute atomic E-state index is 0.289. The van der Waals surface area contributed by atoms with Crippen LogP contribution in [0.5, 0.6) is 5.75 Å². The molecule has 4 nitrogen and oxygen atoms in total. The molecule has 1 unspecified atom stereocenters. The number of methoxy groups -OCH3 is 1. The molecule has 0 fully saturated rings. The third kappa shape index (κ3) is 1.15. The number of hydrogen-bond donors (Lipinski definition) is 1. The first kappa shape index (κ1) is 8.73. The summed E-state index contributed by atoms with van der Waals surface area (Å²) in [4.78, 5) is 4.49. The summed E-state index contributed by atoms with van der Waals surface area (Å²) in [6, 6.07) is 5.86. The summed E-state index contributed by atoms with van der Waals surface area (Å²) in [7, 11) is 1.65. The molecule has 0 spiro atoms. The van der Waals surface area contributed by atoms with Crippen molar-refractivity contribution in [1.82, 2.24) is 9.55 Å². The maximum absolute atomic E-state index is 9.53. The highest BCUT2D eigenvalue weighted by Gasteiger charge is 2.23. The van der Waals surface area contributed by atoms with Gasteiger partial charge in [-0.1, -0.05) is 6.07 Å². The van der Waals surface area contributed by atoms with Gasteiger partial charge in [-0.15, -0.1) is 0 Å². The maximum Gasteiger partial charge on any atom is 0.146 e. The number of imidazole rings is 1. The largest absolute Gasteiger partial charge is 0.494 e. The van der Waals surface area contributed by atoms with E-state index in [1.807, 2.05) is 18.2 Å². The second-order valence-electron chi connectivity index (χ2n) is 3.82. The van der Waals surface area contributed by atoms with Crippen LogP contribution in [-0.2, 0) is 13.0 Å².